The van der Waals surface area contributed by atoms with Gasteiger partial charge in [-0.15, -0.1) is 0 Å². The van der Waals surface area contributed by atoms with E-state index in [0.717, 1.165) is 19.5 Å². The van der Waals surface area contributed by atoms with E-state index in [9.17, 15) is 4.79 Å². The van der Waals surface area contributed by atoms with Crippen LogP contribution in [-0.4, -0.2) is 37.0 Å². The molecule has 0 radical (unpaired) electrons. The second-order valence-electron chi connectivity index (χ2n) is 5.46. The highest BCUT2D eigenvalue weighted by Gasteiger charge is 2.26. The Labute approximate surface area is 109 Å². The average Bonchev–Trinajstić information content (AvgIpc) is 2.28. The lowest BCUT2D eigenvalue weighted by Gasteiger charge is -2.36. The molecule has 1 aromatic rings. The molecule has 0 spiro atoms. The molecule has 0 bridgehead atoms. The van der Waals surface area contributed by atoms with Crippen LogP contribution in [0.15, 0.2) is 24.3 Å². The van der Waals surface area contributed by atoms with Crippen molar-refractivity contribution in [3.63, 3.8) is 0 Å². The zero-order valence-electron chi connectivity index (χ0n) is 11.4. The van der Waals surface area contributed by atoms with E-state index < -0.39 is 0 Å². The summed E-state index contributed by atoms with van der Waals surface area (Å²) in [5.41, 5.74) is 2.67. The highest BCUT2D eigenvalue weighted by molar-refractivity contribution is 5.73. The zero-order chi connectivity index (χ0) is 13.1. The molecule has 1 N–H and O–H groups in total. The summed E-state index contributed by atoms with van der Waals surface area (Å²) in [7, 11) is 2.12. The van der Waals surface area contributed by atoms with Crippen LogP contribution in [0, 0.1) is 6.92 Å². The van der Waals surface area contributed by atoms with Crippen molar-refractivity contribution in [3.8, 4) is 0 Å². The first-order chi connectivity index (χ1) is 8.54. The van der Waals surface area contributed by atoms with Gasteiger partial charge in [0.1, 0.15) is 0 Å². The summed E-state index contributed by atoms with van der Waals surface area (Å²) in [5, 5.41) is 3.04. The molecular weight excluding hydrogens is 224 g/mol. The van der Waals surface area contributed by atoms with Crippen LogP contribution >= 0.6 is 0 Å². The van der Waals surface area contributed by atoms with Crippen molar-refractivity contribution in [1.29, 1.82) is 0 Å². The summed E-state index contributed by atoms with van der Waals surface area (Å²) >= 11 is 0. The normalized spacial score (nSPS) is 24.8. The van der Waals surface area contributed by atoms with Crippen LogP contribution in [-0.2, 0) is 4.79 Å². The SMILES string of the molecule is CC(=O)NC1CC(c2ccc(C)cc2)CN(C)C1. The summed E-state index contributed by atoms with van der Waals surface area (Å²) in [5.74, 6) is 0.583. The molecule has 1 heterocycles. The van der Waals surface area contributed by atoms with Gasteiger partial charge in [0.2, 0.25) is 5.91 Å². The summed E-state index contributed by atoms with van der Waals surface area (Å²) in [6.07, 6.45) is 1.03. The van der Waals surface area contributed by atoms with Crippen LogP contribution in [0.2, 0.25) is 0 Å². The molecule has 0 aromatic heterocycles. The van der Waals surface area contributed by atoms with Crippen LogP contribution in [0.5, 0.6) is 0 Å². The minimum atomic E-state index is 0.0676. The van der Waals surface area contributed by atoms with Crippen molar-refractivity contribution in [1.82, 2.24) is 10.2 Å². The molecule has 3 nitrogen and oxygen atoms in total. The monoisotopic (exact) mass is 246 g/mol. The molecule has 1 aliphatic heterocycles. The van der Waals surface area contributed by atoms with Crippen molar-refractivity contribution in [2.45, 2.75) is 32.2 Å². The first-order valence-corrected chi connectivity index (χ1v) is 6.57. The van der Waals surface area contributed by atoms with Gasteiger partial charge in [-0.05, 0) is 31.9 Å². The van der Waals surface area contributed by atoms with Gasteiger partial charge >= 0.3 is 0 Å². The van der Waals surface area contributed by atoms with E-state index in [1.807, 2.05) is 0 Å². The number of nitrogens with one attached hydrogen (secondary N) is 1. The number of likely N-dealkylation sites (N-methyl/N-ethyl adjacent to an activating group) is 1. The summed E-state index contributed by atoms with van der Waals surface area (Å²) in [6, 6.07) is 9.02. The second kappa shape index (κ2) is 5.53. The van der Waals surface area contributed by atoms with Gasteiger partial charge < -0.3 is 10.2 Å². The third-order valence-corrected chi connectivity index (χ3v) is 3.59. The number of nitrogens with zero attached hydrogens (tertiary/aromatic N) is 1. The first-order valence-electron chi connectivity index (χ1n) is 6.57. The standard InChI is InChI=1S/C15H22N2O/c1-11-4-6-13(7-5-11)14-8-15(16-12(2)18)10-17(3)9-14/h4-7,14-15H,8-10H2,1-3H3,(H,16,18). The predicted octanol–water partition coefficient (Wildman–Crippen LogP) is 1.92. The second-order valence-corrected chi connectivity index (χ2v) is 5.46. The number of aryl methyl sites for hydroxylation is 1. The van der Waals surface area contributed by atoms with Gasteiger partial charge in [0.25, 0.3) is 0 Å². The molecule has 2 rings (SSSR count). The number of carbonyl (C=O) groups excluding carboxylic acids is 1. The van der Waals surface area contributed by atoms with Gasteiger partial charge in [0.05, 0.1) is 0 Å². The summed E-state index contributed by atoms with van der Waals surface area (Å²) in [6.45, 7) is 5.72. The fourth-order valence-corrected chi connectivity index (χ4v) is 2.79. The quantitative estimate of drug-likeness (QED) is 0.864. The molecule has 1 aromatic carbocycles. The maximum Gasteiger partial charge on any atom is 0.217 e. The molecule has 1 aliphatic rings. The van der Waals surface area contributed by atoms with Gasteiger partial charge in [0, 0.05) is 26.1 Å². The smallest absolute Gasteiger partial charge is 0.217 e. The van der Waals surface area contributed by atoms with E-state index in [0.29, 0.717) is 5.92 Å². The Kier molecular flexibility index (Phi) is 4.02. The molecule has 2 unspecified atom stereocenters. The number of amides is 1. The average molecular weight is 246 g/mol. The largest absolute Gasteiger partial charge is 0.352 e. The van der Waals surface area contributed by atoms with Crippen LogP contribution in [0.4, 0.5) is 0 Å². The van der Waals surface area contributed by atoms with Crippen molar-refractivity contribution >= 4 is 5.91 Å². The molecular formula is C15H22N2O. The molecule has 1 amide bonds. The summed E-state index contributed by atoms with van der Waals surface area (Å²) in [4.78, 5) is 13.5. The van der Waals surface area contributed by atoms with E-state index >= 15 is 0 Å². The third kappa shape index (κ3) is 3.33. The number of likely N-dealkylation sites (tertiary alicyclic amines) is 1. The van der Waals surface area contributed by atoms with E-state index in [4.69, 9.17) is 0 Å². The van der Waals surface area contributed by atoms with Gasteiger partial charge in [-0.3, -0.25) is 4.79 Å². The maximum atomic E-state index is 11.2. The van der Waals surface area contributed by atoms with Crippen LogP contribution in [0.25, 0.3) is 0 Å². The topological polar surface area (TPSA) is 32.3 Å². The highest BCUT2D eigenvalue weighted by atomic mass is 16.1. The fourth-order valence-electron chi connectivity index (χ4n) is 2.79. The Bertz CT molecular complexity index is 413. The van der Waals surface area contributed by atoms with E-state index in [1.54, 1.807) is 6.92 Å². The number of rotatable bonds is 2. The number of hydrogen-bond donors (Lipinski definition) is 1. The van der Waals surface area contributed by atoms with E-state index in [2.05, 4.69) is 48.5 Å². The minimum Gasteiger partial charge on any atom is -0.352 e. The third-order valence-electron chi connectivity index (χ3n) is 3.59. The number of carbonyl (C=O) groups is 1. The van der Waals surface area contributed by atoms with Gasteiger partial charge in [-0.1, -0.05) is 29.8 Å². The molecule has 18 heavy (non-hydrogen) atoms. The van der Waals surface area contributed by atoms with Crippen molar-refractivity contribution in [2.75, 3.05) is 20.1 Å². The lowest BCUT2D eigenvalue weighted by atomic mass is 9.88. The summed E-state index contributed by atoms with van der Waals surface area (Å²) < 4.78 is 0. The lowest BCUT2D eigenvalue weighted by Crippen LogP contribution is -2.48. The van der Waals surface area contributed by atoms with Gasteiger partial charge in [0.15, 0.2) is 0 Å². The zero-order valence-corrected chi connectivity index (χ0v) is 11.4. The number of piperidine rings is 1. The van der Waals surface area contributed by atoms with E-state index in [-0.39, 0.29) is 11.9 Å². The minimum absolute atomic E-state index is 0.0676. The molecule has 2 atom stereocenters. The Morgan fingerprint density at radius 3 is 2.56 bits per heavy atom. The van der Waals surface area contributed by atoms with Gasteiger partial charge in [-0.2, -0.15) is 0 Å². The molecule has 3 heteroatoms. The van der Waals surface area contributed by atoms with Crippen molar-refractivity contribution in [3.05, 3.63) is 35.4 Å². The first kappa shape index (κ1) is 13.1. The number of hydrogen-bond acceptors (Lipinski definition) is 2. The molecule has 1 fully saturated rings. The molecule has 0 saturated carbocycles. The Balaban J connectivity index is 2.08. The molecule has 98 valence electrons. The van der Waals surface area contributed by atoms with Crippen molar-refractivity contribution < 1.29 is 4.79 Å². The van der Waals surface area contributed by atoms with Crippen LogP contribution in [0.3, 0.4) is 0 Å². The molecule has 1 saturated heterocycles. The predicted molar refractivity (Wildman–Crippen MR) is 73.6 cm³/mol. The maximum absolute atomic E-state index is 11.2. The fraction of sp³-hybridized carbons (Fsp3) is 0.533. The number of benzene rings is 1. The Hall–Kier alpha value is -1.35. The van der Waals surface area contributed by atoms with Gasteiger partial charge in [-0.25, -0.2) is 0 Å². The molecule has 0 aliphatic carbocycles. The Morgan fingerprint density at radius 2 is 1.94 bits per heavy atom. The van der Waals surface area contributed by atoms with Crippen molar-refractivity contribution in [2.24, 2.45) is 0 Å². The highest BCUT2D eigenvalue weighted by Crippen LogP contribution is 2.26. The lowest BCUT2D eigenvalue weighted by molar-refractivity contribution is -0.120. The van der Waals surface area contributed by atoms with Crippen LogP contribution < -0.4 is 5.32 Å². The van der Waals surface area contributed by atoms with E-state index in [1.165, 1.54) is 11.1 Å². The van der Waals surface area contributed by atoms with Crippen LogP contribution in [0.1, 0.15) is 30.4 Å². The Morgan fingerprint density at radius 1 is 1.28 bits per heavy atom.